The van der Waals surface area contributed by atoms with E-state index in [0.717, 1.165) is 25.2 Å². The van der Waals surface area contributed by atoms with Crippen molar-refractivity contribution in [2.24, 2.45) is 5.92 Å². The van der Waals surface area contributed by atoms with Gasteiger partial charge in [-0.1, -0.05) is 39.8 Å². The molecule has 0 aromatic carbocycles. The second-order valence-electron chi connectivity index (χ2n) is 10.6. The highest BCUT2D eigenvalue weighted by atomic mass is 28.3. The van der Waals surface area contributed by atoms with Crippen LogP contribution in [0.2, 0.25) is 17.6 Å². The lowest BCUT2D eigenvalue weighted by Gasteiger charge is -2.40. The number of nitrogens with one attached hydrogen (secondary N) is 1. The monoisotopic (exact) mass is 420 g/mol. The Morgan fingerprint density at radius 3 is 2.59 bits per heavy atom. The highest BCUT2D eigenvalue weighted by Gasteiger charge is 2.31. The molecule has 2 heterocycles. The molecule has 7 heteroatoms. The molecule has 0 radical (unpaired) electrons. The highest BCUT2D eigenvalue weighted by molar-refractivity contribution is 6.60. The largest absolute Gasteiger partial charge is 0.444 e. The number of ether oxygens (including phenoxy) is 1. The second kappa shape index (κ2) is 9.37. The number of anilines is 2. The summed E-state index contributed by atoms with van der Waals surface area (Å²) >= 11 is 0. The van der Waals surface area contributed by atoms with E-state index in [1.54, 1.807) is 12.4 Å². The maximum atomic E-state index is 12.4. The summed E-state index contributed by atoms with van der Waals surface area (Å²) in [5, 5.41) is 3.54. The van der Waals surface area contributed by atoms with E-state index in [2.05, 4.69) is 42.5 Å². The van der Waals surface area contributed by atoms with Crippen LogP contribution < -0.4 is 16.0 Å². The van der Waals surface area contributed by atoms with Crippen molar-refractivity contribution < 1.29 is 9.53 Å². The zero-order valence-corrected chi connectivity index (χ0v) is 20.4. The van der Waals surface area contributed by atoms with E-state index in [0.29, 0.717) is 16.6 Å². The number of nitrogen functional groups attached to an aromatic ring is 1. The molecular weight excluding hydrogens is 380 g/mol. The summed E-state index contributed by atoms with van der Waals surface area (Å²) < 4.78 is 5.49. The minimum atomic E-state index is -0.808. The summed E-state index contributed by atoms with van der Waals surface area (Å²) in [5.74, 6) is 0.522. The van der Waals surface area contributed by atoms with E-state index in [4.69, 9.17) is 10.5 Å². The number of hydrogen-bond acceptors (Lipinski definition) is 5. The van der Waals surface area contributed by atoms with Gasteiger partial charge in [0.25, 0.3) is 0 Å². The predicted octanol–water partition coefficient (Wildman–Crippen LogP) is 4.43. The van der Waals surface area contributed by atoms with E-state index in [-0.39, 0.29) is 12.1 Å². The SMILES string of the molecule is C[SiH](CC[C@@H]1C[C@H](NC(=O)OC(C)(C)C)CN(c2ccncc2N)C1)C(C)(C)C. The van der Waals surface area contributed by atoms with Gasteiger partial charge in [-0.05, 0) is 44.2 Å². The maximum absolute atomic E-state index is 12.4. The first-order valence-corrected chi connectivity index (χ1v) is 13.3. The Morgan fingerprint density at radius 1 is 1.31 bits per heavy atom. The van der Waals surface area contributed by atoms with Gasteiger partial charge in [0.05, 0.1) is 23.6 Å². The summed E-state index contributed by atoms with van der Waals surface area (Å²) in [7, 11) is -0.808. The minimum absolute atomic E-state index is 0.0442. The van der Waals surface area contributed by atoms with Gasteiger partial charge in [-0.25, -0.2) is 4.79 Å². The van der Waals surface area contributed by atoms with Gasteiger partial charge in [0.1, 0.15) is 5.60 Å². The lowest BCUT2D eigenvalue weighted by atomic mass is 9.91. The fourth-order valence-corrected chi connectivity index (χ4v) is 5.63. The third-order valence-electron chi connectivity index (χ3n) is 5.91. The van der Waals surface area contributed by atoms with E-state index < -0.39 is 14.4 Å². The molecule has 0 spiro atoms. The van der Waals surface area contributed by atoms with Gasteiger partial charge in [-0.15, -0.1) is 0 Å². The molecule has 1 aliphatic heterocycles. The van der Waals surface area contributed by atoms with Crippen molar-refractivity contribution in [1.29, 1.82) is 0 Å². The number of carbonyl (C=O) groups is 1. The normalized spacial score (nSPS) is 21.6. The molecule has 1 saturated heterocycles. The van der Waals surface area contributed by atoms with E-state index >= 15 is 0 Å². The lowest BCUT2D eigenvalue weighted by molar-refractivity contribution is 0.0493. The van der Waals surface area contributed by atoms with Crippen LogP contribution in [0.5, 0.6) is 0 Å². The van der Waals surface area contributed by atoms with E-state index in [9.17, 15) is 4.79 Å². The Balaban J connectivity index is 2.10. The molecule has 0 bridgehead atoms. The molecule has 6 nitrogen and oxygen atoms in total. The summed E-state index contributed by atoms with van der Waals surface area (Å²) in [5.41, 5.74) is 7.38. The molecule has 1 aliphatic rings. The fourth-order valence-electron chi connectivity index (χ4n) is 3.79. The fraction of sp³-hybridized carbons (Fsp3) is 0.727. The van der Waals surface area contributed by atoms with Crippen LogP contribution in [-0.4, -0.2) is 44.6 Å². The number of piperidine rings is 1. The summed E-state index contributed by atoms with van der Waals surface area (Å²) in [6, 6.07) is 3.32. The molecule has 164 valence electrons. The van der Waals surface area contributed by atoms with Crippen molar-refractivity contribution in [2.45, 2.75) is 83.7 Å². The number of carbonyl (C=O) groups excluding carboxylic acids is 1. The van der Waals surface area contributed by atoms with E-state index in [1.165, 1.54) is 12.5 Å². The molecule has 1 unspecified atom stereocenters. The first-order valence-electron chi connectivity index (χ1n) is 10.8. The van der Waals surface area contributed by atoms with Gasteiger partial charge >= 0.3 is 6.09 Å². The number of rotatable bonds is 5. The van der Waals surface area contributed by atoms with Gasteiger partial charge in [0, 0.05) is 28.1 Å². The van der Waals surface area contributed by atoms with Crippen LogP contribution in [0.1, 0.15) is 54.4 Å². The molecule has 0 aliphatic carbocycles. The molecule has 1 fully saturated rings. The number of pyridine rings is 1. The van der Waals surface area contributed by atoms with Crippen LogP contribution in [0.4, 0.5) is 16.2 Å². The molecule has 1 aromatic heterocycles. The van der Waals surface area contributed by atoms with Crippen molar-refractivity contribution >= 4 is 26.3 Å². The zero-order valence-electron chi connectivity index (χ0n) is 19.3. The third kappa shape index (κ3) is 7.53. The van der Waals surface area contributed by atoms with Crippen molar-refractivity contribution in [1.82, 2.24) is 10.3 Å². The van der Waals surface area contributed by atoms with Gasteiger partial charge in [0.15, 0.2) is 0 Å². The number of alkyl carbamates (subject to hydrolysis) is 1. The molecule has 3 atom stereocenters. The third-order valence-corrected chi connectivity index (χ3v) is 10.1. The van der Waals surface area contributed by atoms with Gasteiger partial charge in [0.2, 0.25) is 0 Å². The average Bonchev–Trinajstić information content (AvgIpc) is 2.57. The van der Waals surface area contributed by atoms with Crippen molar-refractivity contribution in [3.63, 3.8) is 0 Å². The number of amides is 1. The van der Waals surface area contributed by atoms with E-state index in [1.807, 2.05) is 26.8 Å². The van der Waals surface area contributed by atoms with Crippen molar-refractivity contribution in [2.75, 3.05) is 23.7 Å². The first kappa shape index (κ1) is 23.5. The van der Waals surface area contributed by atoms with Gasteiger partial charge in [-0.3, -0.25) is 4.98 Å². The zero-order chi connectivity index (χ0) is 21.8. The predicted molar refractivity (Wildman–Crippen MR) is 124 cm³/mol. The molecule has 1 aromatic rings. The summed E-state index contributed by atoms with van der Waals surface area (Å²) in [4.78, 5) is 18.8. The lowest BCUT2D eigenvalue weighted by Crippen LogP contribution is -2.52. The summed E-state index contributed by atoms with van der Waals surface area (Å²) in [6.45, 7) is 16.9. The van der Waals surface area contributed by atoms with Crippen LogP contribution in [0.3, 0.4) is 0 Å². The van der Waals surface area contributed by atoms with Crippen LogP contribution in [-0.2, 0) is 4.74 Å². The molecule has 0 saturated carbocycles. The number of hydrogen-bond donors (Lipinski definition) is 2. The van der Waals surface area contributed by atoms with Crippen LogP contribution in [0.25, 0.3) is 0 Å². The Labute approximate surface area is 178 Å². The topological polar surface area (TPSA) is 80.5 Å². The Bertz CT molecular complexity index is 684. The van der Waals surface area contributed by atoms with Gasteiger partial charge in [-0.2, -0.15) is 0 Å². The minimum Gasteiger partial charge on any atom is -0.444 e. The first-order chi connectivity index (χ1) is 13.3. The molecule has 29 heavy (non-hydrogen) atoms. The molecule has 2 rings (SSSR count). The molecule has 3 N–H and O–H groups in total. The number of nitrogens with two attached hydrogens (primary N) is 1. The Hall–Kier alpha value is -1.76. The van der Waals surface area contributed by atoms with Crippen LogP contribution in [0, 0.1) is 5.92 Å². The summed E-state index contributed by atoms with van der Waals surface area (Å²) in [6.07, 6.45) is 5.30. The Morgan fingerprint density at radius 2 is 2.00 bits per heavy atom. The Kier molecular flexibility index (Phi) is 7.60. The van der Waals surface area contributed by atoms with Gasteiger partial charge < -0.3 is 20.7 Å². The molecular formula is C22H40N4O2Si. The maximum Gasteiger partial charge on any atom is 0.407 e. The second-order valence-corrected chi connectivity index (χ2v) is 14.7. The number of aromatic nitrogens is 1. The molecule has 1 amide bonds. The smallest absolute Gasteiger partial charge is 0.407 e. The van der Waals surface area contributed by atoms with Crippen molar-refractivity contribution in [3.8, 4) is 0 Å². The van der Waals surface area contributed by atoms with Crippen molar-refractivity contribution in [3.05, 3.63) is 18.5 Å². The highest BCUT2D eigenvalue weighted by Crippen LogP contribution is 2.34. The average molecular weight is 421 g/mol. The number of nitrogens with zero attached hydrogens (tertiary/aromatic N) is 2. The quantitative estimate of drug-likeness (QED) is 0.689. The standard InChI is InChI=1S/C22H40N4O2Si/c1-21(2,3)28-20(27)25-17-12-16(9-11-29(7)22(4,5)6)14-26(15-17)19-8-10-24-13-18(19)23/h8,10,13,16-17,29H,9,11-12,14-15,23H2,1-7H3,(H,25,27)/t16-,17+,29?/m1/s1. The van der Waals surface area contributed by atoms with Crippen LogP contribution in [0.15, 0.2) is 18.5 Å². The van der Waals surface area contributed by atoms with Crippen LogP contribution >= 0.6 is 0 Å².